The standard InChI is InChI=1S/C20H15BrF3NO2/c1-12(25-18(26)16-7-2-3-8-17(16)19(25)27)5-4-6-13-9-14(20(22,23)24)11-15(21)10-13/h2-4,6-12H,5H2,1H3. The first-order valence-electron chi connectivity index (χ1n) is 8.19. The first-order valence-corrected chi connectivity index (χ1v) is 8.99. The van der Waals surface area contributed by atoms with E-state index in [1.807, 2.05) is 0 Å². The molecule has 1 atom stereocenters. The van der Waals surface area contributed by atoms with Crippen LogP contribution < -0.4 is 0 Å². The molecular weight excluding hydrogens is 423 g/mol. The van der Waals surface area contributed by atoms with Gasteiger partial charge in [0.25, 0.3) is 11.8 Å². The summed E-state index contributed by atoms with van der Waals surface area (Å²) in [5, 5.41) is 0. The van der Waals surface area contributed by atoms with Gasteiger partial charge in [0.2, 0.25) is 0 Å². The number of alkyl halides is 3. The molecule has 1 unspecified atom stereocenters. The Hall–Kier alpha value is -2.41. The number of hydrogen-bond acceptors (Lipinski definition) is 2. The van der Waals surface area contributed by atoms with Gasteiger partial charge in [0, 0.05) is 10.5 Å². The fraction of sp³-hybridized carbons (Fsp3) is 0.200. The Morgan fingerprint density at radius 1 is 1.07 bits per heavy atom. The lowest BCUT2D eigenvalue weighted by molar-refractivity contribution is -0.137. The maximum Gasteiger partial charge on any atom is 0.416 e. The third-order valence-corrected chi connectivity index (χ3v) is 4.76. The monoisotopic (exact) mass is 437 g/mol. The first-order chi connectivity index (χ1) is 12.7. The van der Waals surface area contributed by atoms with Gasteiger partial charge in [-0.25, -0.2) is 0 Å². The molecule has 0 radical (unpaired) electrons. The van der Waals surface area contributed by atoms with E-state index in [2.05, 4.69) is 15.9 Å². The minimum atomic E-state index is -4.43. The molecule has 0 spiro atoms. The van der Waals surface area contributed by atoms with Crippen molar-refractivity contribution >= 4 is 33.8 Å². The Labute approximate surface area is 162 Å². The number of imide groups is 1. The average molecular weight is 438 g/mol. The van der Waals surface area contributed by atoms with Crippen LogP contribution in [0.4, 0.5) is 13.2 Å². The van der Waals surface area contributed by atoms with E-state index in [-0.39, 0.29) is 11.8 Å². The van der Waals surface area contributed by atoms with Crippen LogP contribution in [0.15, 0.2) is 53.0 Å². The Morgan fingerprint density at radius 3 is 2.22 bits per heavy atom. The molecule has 2 amide bonds. The Bertz CT molecular complexity index is 902. The van der Waals surface area contributed by atoms with E-state index in [9.17, 15) is 22.8 Å². The second-order valence-corrected chi connectivity index (χ2v) is 7.20. The summed E-state index contributed by atoms with van der Waals surface area (Å²) in [5.41, 5.74) is 0.386. The smallest absolute Gasteiger partial charge is 0.271 e. The quantitative estimate of drug-likeness (QED) is 0.587. The van der Waals surface area contributed by atoms with Crippen LogP contribution in [0.5, 0.6) is 0 Å². The zero-order chi connectivity index (χ0) is 19.8. The van der Waals surface area contributed by atoms with E-state index >= 15 is 0 Å². The summed E-state index contributed by atoms with van der Waals surface area (Å²) >= 11 is 3.08. The largest absolute Gasteiger partial charge is 0.416 e. The molecule has 0 N–H and O–H groups in total. The fourth-order valence-corrected chi connectivity index (χ4v) is 3.50. The van der Waals surface area contributed by atoms with Crippen molar-refractivity contribution in [3.05, 3.63) is 75.3 Å². The molecule has 2 aromatic carbocycles. The number of benzene rings is 2. The lowest BCUT2D eigenvalue weighted by Crippen LogP contribution is -2.37. The van der Waals surface area contributed by atoms with E-state index in [1.54, 1.807) is 49.4 Å². The highest BCUT2D eigenvalue weighted by atomic mass is 79.9. The second kappa shape index (κ2) is 7.31. The van der Waals surface area contributed by atoms with Gasteiger partial charge in [0.05, 0.1) is 16.7 Å². The summed E-state index contributed by atoms with van der Waals surface area (Å²) in [7, 11) is 0. The SMILES string of the molecule is CC(CC=Cc1cc(Br)cc(C(F)(F)F)c1)N1C(=O)c2ccccc2C1=O. The topological polar surface area (TPSA) is 37.4 Å². The van der Waals surface area contributed by atoms with Crippen molar-refractivity contribution in [3.63, 3.8) is 0 Å². The number of rotatable bonds is 4. The highest BCUT2D eigenvalue weighted by molar-refractivity contribution is 9.10. The number of amides is 2. The van der Waals surface area contributed by atoms with E-state index in [0.717, 1.165) is 12.1 Å². The number of carbonyl (C=O) groups is 2. The number of hydrogen-bond donors (Lipinski definition) is 0. The van der Waals surface area contributed by atoms with Crippen LogP contribution in [0.2, 0.25) is 0 Å². The molecule has 3 nitrogen and oxygen atoms in total. The first kappa shape index (κ1) is 19.4. The van der Waals surface area contributed by atoms with E-state index < -0.39 is 17.8 Å². The van der Waals surface area contributed by atoms with Crippen LogP contribution in [0.25, 0.3) is 6.08 Å². The van der Waals surface area contributed by atoms with Gasteiger partial charge in [-0.15, -0.1) is 0 Å². The van der Waals surface area contributed by atoms with Gasteiger partial charge in [0.15, 0.2) is 0 Å². The molecule has 1 aliphatic heterocycles. The zero-order valence-corrected chi connectivity index (χ0v) is 15.8. The van der Waals surface area contributed by atoms with Crippen molar-refractivity contribution < 1.29 is 22.8 Å². The molecule has 3 rings (SSSR count). The van der Waals surface area contributed by atoms with Gasteiger partial charge in [-0.3, -0.25) is 14.5 Å². The highest BCUT2D eigenvalue weighted by Crippen LogP contribution is 2.32. The van der Waals surface area contributed by atoms with Crippen molar-refractivity contribution in [1.29, 1.82) is 0 Å². The van der Waals surface area contributed by atoms with Crippen LogP contribution in [0.3, 0.4) is 0 Å². The third-order valence-electron chi connectivity index (χ3n) is 4.30. The molecule has 7 heteroatoms. The zero-order valence-electron chi connectivity index (χ0n) is 14.3. The molecule has 1 aliphatic rings. The molecule has 0 saturated heterocycles. The minimum Gasteiger partial charge on any atom is -0.271 e. The summed E-state index contributed by atoms with van der Waals surface area (Å²) in [6.07, 6.45) is -0.885. The lowest BCUT2D eigenvalue weighted by atomic mass is 10.1. The van der Waals surface area contributed by atoms with Gasteiger partial charge in [0.1, 0.15) is 0 Å². The van der Waals surface area contributed by atoms with Crippen molar-refractivity contribution in [2.24, 2.45) is 0 Å². The number of carbonyl (C=O) groups excluding carboxylic acids is 2. The summed E-state index contributed by atoms with van der Waals surface area (Å²) in [6.45, 7) is 1.73. The average Bonchev–Trinajstić information content (AvgIpc) is 2.85. The number of halogens is 4. The molecule has 0 fully saturated rings. The number of nitrogens with zero attached hydrogens (tertiary/aromatic N) is 1. The maximum atomic E-state index is 12.9. The van der Waals surface area contributed by atoms with Crippen molar-refractivity contribution in [2.45, 2.75) is 25.6 Å². The summed E-state index contributed by atoms with van der Waals surface area (Å²) in [6, 6.07) is 9.83. The predicted octanol–water partition coefficient (Wildman–Crippen LogP) is 5.56. The minimum absolute atomic E-state index is 0.324. The van der Waals surface area contributed by atoms with E-state index in [4.69, 9.17) is 0 Å². The third kappa shape index (κ3) is 3.98. The normalized spacial score (nSPS) is 15.5. The number of fused-ring (bicyclic) bond motifs is 1. The van der Waals surface area contributed by atoms with Crippen LogP contribution >= 0.6 is 15.9 Å². The van der Waals surface area contributed by atoms with Crippen LogP contribution in [0, 0.1) is 0 Å². The predicted molar refractivity (Wildman–Crippen MR) is 99.2 cm³/mol. The van der Waals surface area contributed by atoms with Crippen molar-refractivity contribution in [2.75, 3.05) is 0 Å². The van der Waals surface area contributed by atoms with Gasteiger partial charge >= 0.3 is 6.18 Å². The molecule has 140 valence electrons. The van der Waals surface area contributed by atoms with E-state index in [1.165, 1.54) is 4.90 Å². The molecule has 0 saturated carbocycles. The van der Waals surface area contributed by atoms with Crippen molar-refractivity contribution in [3.8, 4) is 0 Å². The van der Waals surface area contributed by atoms with Crippen molar-refractivity contribution in [1.82, 2.24) is 4.90 Å². The Balaban J connectivity index is 1.73. The van der Waals surface area contributed by atoms with Gasteiger partial charge in [-0.2, -0.15) is 13.2 Å². The summed E-state index contributed by atoms with van der Waals surface area (Å²) < 4.78 is 39.0. The van der Waals surface area contributed by atoms with Gasteiger partial charge in [-0.1, -0.05) is 40.2 Å². The van der Waals surface area contributed by atoms with E-state index in [0.29, 0.717) is 27.6 Å². The molecule has 0 aromatic heterocycles. The highest BCUT2D eigenvalue weighted by Gasteiger charge is 2.37. The lowest BCUT2D eigenvalue weighted by Gasteiger charge is -2.21. The van der Waals surface area contributed by atoms with Gasteiger partial charge < -0.3 is 0 Å². The molecule has 0 aliphatic carbocycles. The van der Waals surface area contributed by atoms with Crippen LogP contribution in [-0.2, 0) is 6.18 Å². The maximum absolute atomic E-state index is 12.9. The van der Waals surface area contributed by atoms with Crippen LogP contribution in [0.1, 0.15) is 45.2 Å². The second-order valence-electron chi connectivity index (χ2n) is 6.28. The Kier molecular flexibility index (Phi) is 5.24. The fourth-order valence-electron chi connectivity index (χ4n) is 2.99. The molecule has 0 bridgehead atoms. The van der Waals surface area contributed by atoms with Crippen LogP contribution in [-0.4, -0.2) is 22.8 Å². The summed E-state index contributed by atoms with van der Waals surface area (Å²) in [5.74, 6) is -0.698. The molecule has 1 heterocycles. The molecule has 2 aromatic rings. The molecule has 27 heavy (non-hydrogen) atoms. The molecular formula is C20H15BrF3NO2. The van der Waals surface area contributed by atoms with Gasteiger partial charge in [-0.05, 0) is 49.2 Å². The summed E-state index contributed by atoms with van der Waals surface area (Å²) in [4.78, 5) is 26.1. The Morgan fingerprint density at radius 2 is 1.67 bits per heavy atom.